The Morgan fingerprint density at radius 3 is 2.13 bits per heavy atom. The molecule has 0 unspecified atom stereocenters. The first-order valence-corrected chi connectivity index (χ1v) is 8.67. The van der Waals surface area contributed by atoms with Gasteiger partial charge in [0, 0.05) is 9.26 Å². The van der Waals surface area contributed by atoms with E-state index in [2.05, 4.69) is 48.7 Å². The van der Waals surface area contributed by atoms with Crippen LogP contribution in [0.4, 0.5) is 5.69 Å². The van der Waals surface area contributed by atoms with Gasteiger partial charge in [-0.2, -0.15) is 0 Å². The molecular weight excluding hydrogens is 401 g/mol. The molecule has 0 saturated heterocycles. The molecule has 1 N–H and O–H groups in total. The Bertz CT molecular complexity index is 657. The Hall–Kier alpha value is -1.56. The monoisotopic (exact) mass is 423 g/mol. The number of ether oxygens (including phenoxy) is 1. The van der Waals surface area contributed by atoms with Crippen molar-refractivity contribution in [1.82, 2.24) is 0 Å². The van der Waals surface area contributed by atoms with Crippen LogP contribution in [0.1, 0.15) is 33.3 Å². The van der Waals surface area contributed by atoms with E-state index >= 15 is 0 Å². The molecule has 0 fully saturated rings. The second-order valence-corrected chi connectivity index (χ2v) is 7.78. The van der Waals surface area contributed by atoms with Crippen LogP contribution in [0.25, 0.3) is 0 Å². The summed E-state index contributed by atoms with van der Waals surface area (Å²) in [5, 5.41) is 2.86. The number of benzene rings is 2. The summed E-state index contributed by atoms with van der Waals surface area (Å²) < 4.78 is 6.85. The van der Waals surface area contributed by atoms with Crippen molar-refractivity contribution < 1.29 is 9.53 Å². The maximum absolute atomic E-state index is 12.2. The zero-order valence-corrected chi connectivity index (χ0v) is 16.0. The van der Waals surface area contributed by atoms with Gasteiger partial charge in [0.05, 0.1) is 0 Å². The van der Waals surface area contributed by atoms with E-state index in [4.69, 9.17) is 4.74 Å². The van der Waals surface area contributed by atoms with Crippen LogP contribution in [0, 0.1) is 3.57 Å². The molecule has 0 saturated carbocycles. The standard InChI is InChI=1S/C19H22INO2/c1-13(18(22)21-16-9-7-15(20)8-10-16)23-17-11-5-14(6-12-17)19(2,3)4/h5-13H,1-4H3,(H,21,22)/t13-/m1/s1. The molecule has 0 aliphatic rings. The van der Waals surface area contributed by atoms with Gasteiger partial charge in [-0.1, -0.05) is 32.9 Å². The Morgan fingerprint density at radius 1 is 1.04 bits per heavy atom. The molecule has 0 spiro atoms. The first kappa shape index (κ1) is 17.8. The average Bonchev–Trinajstić information content (AvgIpc) is 2.49. The predicted octanol–water partition coefficient (Wildman–Crippen LogP) is 4.99. The lowest BCUT2D eigenvalue weighted by Gasteiger charge is -2.20. The minimum absolute atomic E-state index is 0.104. The molecule has 1 atom stereocenters. The van der Waals surface area contributed by atoms with Crippen molar-refractivity contribution in [3.8, 4) is 5.75 Å². The maximum atomic E-state index is 12.2. The first-order valence-electron chi connectivity index (χ1n) is 7.59. The molecule has 0 bridgehead atoms. The van der Waals surface area contributed by atoms with Gasteiger partial charge in [0.25, 0.3) is 5.91 Å². The van der Waals surface area contributed by atoms with Gasteiger partial charge in [-0.05, 0) is 76.9 Å². The smallest absolute Gasteiger partial charge is 0.265 e. The molecule has 0 aromatic heterocycles. The molecule has 23 heavy (non-hydrogen) atoms. The zero-order valence-electron chi connectivity index (χ0n) is 13.9. The third-order valence-electron chi connectivity index (χ3n) is 3.51. The minimum atomic E-state index is -0.560. The molecule has 4 heteroatoms. The van der Waals surface area contributed by atoms with Gasteiger partial charge < -0.3 is 10.1 Å². The molecule has 2 rings (SSSR count). The van der Waals surface area contributed by atoms with E-state index in [1.807, 2.05) is 48.5 Å². The van der Waals surface area contributed by atoms with E-state index < -0.39 is 6.10 Å². The van der Waals surface area contributed by atoms with Crippen molar-refractivity contribution in [2.24, 2.45) is 0 Å². The van der Waals surface area contributed by atoms with E-state index in [-0.39, 0.29) is 11.3 Å². The Balaban J connectivity index is 1.96. The van der Waals surface area contributed by atoms with E-state index in [9.17, 15) is 4.79 Å². The second kappa shape index (κ2) is 7.34. The lowest BCUT2D eigenvalue weighted by atomic mass is 9.87. The number of carbonyl (C=O) groups is 1. The molecule has 0 aliphatic heterocycles. The second-order valence-electron chi connectivity index (χ2n) is 6.53. The zero-order chi connectivity index (χ0) is 17.0. The minimum Gasteiger partial charge on any atom is -0.481 e. The summed E-state index contributed by atoms with van der Waals surface area (Å²) in [6.07, 6.45) is -0.560. The van der Waals surface area contributed by atoms with Crippen molar-refractivity contribution in [1.29, 1.82) is 0 Å². The van der Waals surface area contributed by atoms with Crippen LogP contribution < -0.4 is 10.1 Å². The highest BCUT2D eigenvalue weighted by Gasteiger charge is 2.16. The van der Waals surface area contributed by atoms with Crippen LogP contribution >= 0.6 is 22.6 Å². The van der Waals surface area contributed by atoms with Gasteiger partial charge >= 0.3 is 0 Å². The number of nitrogens with one attached hydrogen (secondary N) is 1. The van der Waals surface area contributed by atoms with Crippen LogP contribution in [0.3, 0.4) is 0 Å². The van der Waals surface area contributed by atoms with Gasteiger partial charge in [-0.3, -0.25) is 4.79 Å². The van der Waals surface area contributed by atoms with Gasteiger partial charge in [0.1, 0.15) is 5.75 Å². The first-order chi connectivity index (χ1) is 10.8. The number of hydrogen-bond acceptors (Lipinski definition) is 2. The third-order valence-corrected chi connectivity index (χ3v) is 4.23. The summed E-state index contributed by atoms with van der Waals surface area (Å²) in [6, 6.07) is 15.6. The molecule has 0 heterocycles. The SMILES string of the molecule is C[C@@H](Oc1ccc(C(C)(C)C)cc1)C(=O)Nc1ccc(I)cc1. The molecule has 3 nitrogen and oxygen atoms in total. The summed E-state index contributed by atoms with van der Waals surface area (Å²) >= 11 is 2.23. The average molecular weight is 423 g/mol. The van der Waals surface area contributed by atoms with E-state index in [1.165, 1.54) is 5.56 Å². The normalized spacial score (nSPS) is 12.6. The number of rotatable bonds is 4. The largest absolute Gasteiger partial charge is 0.481 e. The van der Waals surface area contributed by atoms with E-state index in [1.54, 1.807) is 6.92 Å². The van der Waals surface area contributed by atoms with Crippen molar-refractivity contribution in [3.63, 3.8) is 0 Å². The number of anilines is 1. The quantitative estimate of drug-likeness (QED) is 0.704. The fourth-order valence-electron chi connectivity index (χ4n) is 2.07. The summed E-state index contributed by atoms with van der Waals surface area (Å²) in [6.45, 7) is 8.25. The molecule has 2 aromatic rings. The van der Waals surface area contributed by atoms with Crippen molar-refractivity contribution >= 4 is 34.2 Å². The van der Waals surface area contributed by atoms with Gasteiger partial charge in [-0.15, -0.1) is 0 Å². The molecule has 0 aliphatic carbocycles. The highest BCUT2D eigenvalue weighted by Crippen LogP contribution is 2.24. The van der Waals surface area contributed by atoms with Crippen LogP contribution in [-0.4, -0.2) is 12.0 Å². The lowest BCUT2D eigenvalue weighted by molar-refractivity contribution is -0.122. The van der Waals surface area contributed by atoms with Crippen molar-refractivity contribution in [3.05, 3.63) is 57.7 Å². The van der Waals surface area contributed by atoms with E-state index in [0.717, 1.165) is 9.26 Å². The van der Waals surface area contributed by atoms with Crippen molar-refractivity contribution in [2.45, 2.75) is 39.2 Å². The molecule has 2 aromatic carbocycles. The fraction of sp³-hybridized carbons (Fsp3) is 0.316. The van der Waals surface area contributed by atoms with Crippen molar-refractivity contribution in [2.75, 3.05) is 5.32 Å². The topological polar surface area (TPSA) is 38.3 Å². The fourth-order valence-corrected chi connectivity index (χ4v) is 2.43. The van der Waals surface area contributed by atoms with Crippen LogP contribution in [-0.2, 0) is 10.2 Å². The molecule has 122 valence electrons. The number of carbonyl (C=O) groups excluding carboxylic acids is 1. The summed E-state index contributed by atoms with van der Waals surface area (Å²) in [4.78, 5) is 12.2. The summed E-state index contributed by atoms with van der Waals surface area (Å²) in [7, 11) is 0. The third kappa shape index (κ3) is 5.23. The maximum Gasteiger partial charge on any atom is 0.265 e. The van der Waals surface area contributed by atoms with Crippen LogP contribution in [0.2, 0.25) is 0 Å². The summed E-state index contributed by atoms with van der Waals surface area (Å²) in [5.41, 5.74) is 2.11. The highest BCUT2D eigenvalue weighted by atomic mass is 127. The highest BCUT2D eigenvalue weighted by molar-refractivity contribution is 14.1. The number of hydrogen-bond donors (Lipinski definition) is 1. The predicted molar refractivity (Wildman–Crippen MR) is 103 cm³/mol. The number of halogens is 1. The summed E-state index contributed by atoms with van der Waals surface area (Å²) in [5.74, 6) is 0.536. The van der Waals surface area contributed by atoms with Gasteiger partial charge in [0.15, 0.2) is 6.10 Å². The van der Waals surface area contributed by atoms with Gasteiger partial charge in [-0.25, -0.2) is 0 Å². The Morgan fingerprint density at radius 2 is 1.61 bits per heavy atom. The number of amides is 1. The molecule has 1 amide bonds. The van der Waals surface area contributed by atoms with E-state index in [0.29, 0.717) is 5.75 Å². The van der Waals surface area contributed by atoms with Crippen LogP contribution in [0.15, 0.2) is 48.5 Å². The molecule has 0 radical (unpaired) electrons. The molecular formula is C19H22INO2. The van der Waals surface area contributed by atoms with Gasteiger partial charge in [0.2, 0.25) is 0 Å². The Labute approximate surface area is 151 Å². The Kier molecular flexibility index (Phi) is 5.68. The lowest BCUT2D eigenvalue weighted by Crippen LogP contribution is -2.30. The van der Waals surface area contributed by atoms with Crippen LogP contribution in [0.5, 0.6) is 5.75 Å².